The Bertz CT molecular complexity index is 856. The Kier molecular flexibility index (Phi) is 4.44. The molecule has 1 N–H and O–H groups in total. The largest absolute Gasteiger partial charge is 0.504 e. The van der Waals surface area contributed by atoms with E-state index in [2.05, 4.69) is 0 Å². The molecule has 0 aliphatic heterocycles. The van der Waals surface area contributed by atoms with Crippen LogP contribution in [0.25, 0.3) is 0 Å². The number of aromatic hydroxyl groups is 1. The summed E-state index contributed by atoms with van der Waals surface area (Å²) in [6.45, 7) is 0.452. The molecule has 2 aromatic rings. The third kappa shape index (κ3) is 3.48. The third-order valence-corrected chi connectivity index (χ3v) is 4.20. The van der Waals surface area contributed by atoms with Gasteiger partial charge < -0.3 is 14.7 Å². The van der Waals surface area contributed by atoms with Gasteiger partial charge in [0.05, 0.1) is 23.7 Å². The molecule has 0 radical (unpaired) electrons. The van der Waals surface area contributed by atoms with Crippen LogP contribution in [-0.4, -0.2) is 23.2 Å². The summed E-state index contributed by atoms with van der Waals surface area (Å²) in [5.74, 6) is 0.413. The number of nitriles is 1. The van der Waals surface area contributed by atoms with Crippen LogP contribution in [0.5, 0.6) is 11.5 Å². The van der Waals surface area contributed by atoms with Gasteiger partial charge in [0.25, 0.3) is 5.69 Å². The number of rotatable bonds is 6. The first-order chi connectivity index (χ1) is 12.0. The number of phenols is 1. The average Bonchev–Trinajstić information content (AvgIpc) is 3.45. The fourth-order valence-electron chi connectivity index (χ4n) is 2.80. The van der Waals surface area contributed by atoms with E-state index < -0.39 is 4.92 Å². The molecule has 25 heavy (non-hydrogen) atoms. The second-order valence-corrected chi connectivity index (χ2v) is 5.94. The van der Waals surface area contributed by atoms with Gasteiger partial charge in [-0.3, -0.25) is 10.1 Å². The van der Waals surface area contributed by atoms with Gasteiger partial charge in [0, 0.05) is 18.7 Å². The molecule has 0 saturated heterocycles. The Morgan fingerprint density at radius 1 is 1.36 bits per heavy atom. The van der Waals surface area contributed by atoms with Crippen LogP contribution in [0.2, 0.25) is 0 Å². The lowest BCUT2D eigenvalue weighted by Crippen LogP contribution is -2.25. The smallest absolute Gasteiger partial charge is 0.293 e. The standard InChI is InChI=1S/C18H17N3O4/c1-25-18-9-13(3-7-17(18)22)11-20(14-4-5-14)15-6-2-12(10-19)8-16(15)21(23)24/h2-3,6-9,14,22H,4-5,11H2,1H3. The lowest BCUT2D eigenvalue weighted by molar-refractivity contribution is -0.384. The molecule has 2 aromatic carbocycles. The number of benzene rings is 2. The molecule has 0 amide bonds. The molecule has 0 aromatic heterocycles. The lowest BCUT2D eigenvalue weighted by Gasteiger charge is -2.25. The second-order valence-electron chi connectivity index (χ2n) is 5.94. The Labute approximate surface area is 144 Å². The molecule has 0 unspecified atom stereocenters. The van der Waals surface area contributed by atoms with E-state index in [0.29, 0.717) is 18.0 Å². The van der Waals surface area contributed by atoms with Crippen LogP contribution in [0.15, 0.2) is 36.4 Å². The zero-order valence-corrected chi connectivity index (χ0v) is 13.7. The molecule has 128 valence electrons. The van der Waals surface area contributed by atoms with Crippen molar-refractivity contribution in [2.45, 2.75) is 25.4 Å². The molecular formula is C18H17N3O4. The molecule has 0 spiro atoms. The maximum absolute atomic E-state index is 11.5. The van der Waals surface area contributed by atoms with Crippen LogP contribution >= 0.6 is 0 Å². The minimum Gasteiger partial charge on any atom is -0.504 e. The molecule has 3 rings (SSSR count). The molecule has 0 bridgehead atoms. The number of hydrogen-bond acceptors (Lipinski definition) is 6. The van der Waals surface area contributed by atoms with Crippen LogP contribution in [0.4, 0.5) is 11.4 Å². The highest BCUT2D eigenvalue weighted by atomic mass is 16.6. The quantitative estimate of drug-likeness (QED) is 0.640. The summed E-state index contributed by atoms with van der Waals surface area (Å²) < 4.78 is 5.13. The second kappa shape index (κ2) is 6.69. The van der Waals surface area contributed by atoms with E-state index in [9.17, 15) is 15.2 Å². The van der Waals surface area contributed by atoms with Crippen LogP contribution in [0.3, 0.4) is 0 Å². The van der Waals surface area contributed by atoms with Gasteiger partial charge in [-0.1, -0.05) is 6.07 Å². The van der Waals surface area contributed by atoms with Gasteiger partial charge in [-0.15, -0.1) is 0 Å². The molecule has 1 aliphatic rings. The van der Waals surface area contributed by atoms with E-state index in [1.807, 2.05) is 11.0 Å². The van der Waals surface area contributed by atoms with Crippen LogP contribution < -0.4 is 9.64 Å². The maximum atomic E-state index is 11.5. The monoisotopic (exact) mass is 339 g/mol. The van der Waals surface area contributed by atoms with Gasteiger partial charge in [-0.25, -0.2) is 0 Å². The molecule has 7 heteroatoms. The maximum Gasteiger partial charge on any atom is 0.293 e. The molecule has 1 aliphatic carbocycles. The summed E-state index contributed by atoms with van der Waals surface area (Å²) in [5, 5.41) is 30.2. The van der Waals surface area contributed by atoms with Crippen molar-refractivity contribution in [3.63, 3.8) is 0 Å². The summed E-state index contributed by atoms with van der Waals surface area (Å²) in [4.78, 5) is 13.0. The molecule has 1 fully saturated rings. The van der Waals surface area contributed by atoms with E-state index in [1.165, 1.54) is 13.2 Å². The average molecular weight is 339 g/mol. The highest BCUT2D eigenvalue weighted by Gasteiger charge is 2.33. The van der Waals surface area contributed by atoms with Gasteiger partial charge >= 0.3 is 0 Å². The molecule has 0 heterocycles. The summed E-state index contributed by atoms with van der Waals surface area (Å²) >= 11 is 0. The first-order valence-corrected chi connectivity index (χ1v) is 7.84. The van der Waals surface area contributed by atoms with Crippen molar-refractivity contribution >= 4 is 11.4 Å². The van der Waals surface area contributed by atoms with E-state index in [-0.39, 0.29) is 23.0 Å². The van der Waals surface area contributed by atoms with Crippen LogP contribution in [0.1, 0.15) is 24.0 Å². The first-order valence-electron chi connectivity index (χ1n) is 7.84. The normalized spacial score (nSPS) is 13.1. The number of hydrogen-bond donors (Lipinski definition) is 1. The lowest BCUT2D eigenvalue weighted by atomic mass is 10.1. The summed E-state index contributed by atoms with van der Waals surface area (Å²) in [6, 6.07) is 11.7. The van der Waals surface area contributed by atoms with Crippen molar-refractivity contribution in [1.82, 2.24) is 0 Å². The predicted molar refractivity (Wildman–Crippen MR) is 91.7 cm³/mol. The first kappa shape index (κ1) is 16.6. The van der Waals surface area contributed by atoms with Crippen molar-refractivity contribution in [2.24, 2.45) is 0 Å². The number of methoxy groups -OCH3 is 1. The van der Waals surface area contributed by atoms with Crippen LogP contribution in [-0.2, 0) is 6.54 Å². The Morgan fingerprint density at radius 3 is 2.72 bits per heavy atom. The van der Waals surface area contributed by atoms with Gasteiger partial charge in [-0.2, -0.15) is 5.26 Å². The van der Waals surface area contributed by atoms with E-state index in [1.54, 1.807) is 30.3 Å². The molecular weight excluding hydrogens is 322 g/mol. The summed E-state index contributed by atoms with van der Waals surface area (Å²) in [6.07, 6.45) is 1.93. The molecule has 7 nitrogen and oxygen atoms in total. The highest BCUT2D eigenvalue weighted by Crippen LogP contribution is 2.39. The fourth-order valence-corrected chi connectivity index (χ4v) is 2.80. The number of phenolic OH excluding ortho intramolecular Hbond substituents is 1. The Hall–Kier alpha value is -3.27. The number of anilines is 1. The SMILES string of the molecule is COc1cc(CN(c2ccc(C#N)cc2[N+](=O)[O-])C2CC2)ccc1O. The van der Waals surface area contributed by atoms with Crippen molar-refractivity contribution in [1.29, 1.82) is 5.26 Å². The van der Waals surface area contributed by atoms with E-state index in [0.717, 1.165) is 18.4 Å². The van der Waals surface area contributed by atoms with Crippen molar-refractivity contribution in [3.05, 3.63) is 57.6 Å². The van der Waals surface area contributed by atoms with Crippen molar-refractivity contribution < 1.29 is 14.8 Å². The minimum absolute atomic E-state index is 0.0496. The zero-order chi connectivity index (χ0) is 18.0. The Morgan fingerprint density at radius 2 is 2.12 bits per heavy atom. The van der Waals surface area contributed by atoms with Gasteiger partial charge in [0.2, 0.25) is 0 Å². The number of nitrogens with zero attached hydrogens (tertiary/aromatic N) is 3. The van der Waals surface area contributed by atoms with Crippen LogP contribution in [0, 0.1) is 21.4 Å². The summed E-state index contributed by atoms with van der Waals surface area (Å²) in [5.41, 5.74) is 1.56. The van der Waals surface area contributed by atoms with E-state index >= 15 is 0 Å². The summed E-state index contributed by atoms with van der Waals surface area (Å²) in [7, 11) is 1.48. The third-order valence-electron chi connectivity index (χ3n) is 4.20. The fraction of sp³-hybridized carbons (Fsp3) is 0.278. The Balaban J connectivity index is 1.98. The van der Waals surface area contributed by atoms with Gasteiger partial charge in [-0.05, 0) is 42.7 Å². The highest BCUT2D eigenvalue weighted by molar-refractivity contribution is 5.67. The number of nitro groups is 1. The molecule has 1 saturated carbocycles. The minimum atomic E-state index is -0.455. The predicted octanol–water partition coefficient (Wildman–Crippen LogP) is 3.35. The van der Waals surface area contributed by atoms with Crippen molar-refractivity contribution in [3.8, 4) is 17.6 Å². The van der Waals surface area contributed by atoms with Gasteiger partial charge in [0.15, 0.2) is 11.5 Å². The van der Waals surface area contributed by atoms with E-state index in [4.69, 9.17) is 10.00 Å². The topological polar surface area (TPSA) is 99.6 Å². The van der Waals surface area contributed by atoms with Gasteiger partial charge in [0.1, 0.15) is 5.69 Å². The zero-order valence-electron chi connectivity index (χ0n) is 13.7. The molecule has 0 atom stereocenters. The number of ether oxygens (including phenoxy) is 1. The number of nitro benzene ring substituents is 1. The van der Waals surface area contributed by atoms with Crippen molar-refractivity contribution in [2.75, 3.05) is 12.0 Å².